The summed E-state index contributed by atoms with van der Waals surface area (Å²) in [7, 11) is 4.90. The maximum absolute atomic E-state index is 12.4. The number of unbranched alkanes of at least 4 members (excludes halogenated alkanes) is 1. The molecule has 0 aromatic carbocycles. The summed E-state index contributed by atoms with van der Waals surface area (Å²) in [5.74, 6) is -0.0441. The molecule has 8 nitrogen and oxygen atoms in total. The van der Waals surface area contributed by atoms with Crippen molar-refractivity contribution in [1.29, 1.82) is 0 Å². The molecule has 1 amide bonds. The van der Waals surface area contributed by atoms with Gasteiger partial charge in [-0.05, 0) is 12.8 Å². The second-order valence-corrected chi connectivity index (χ2v) is 4.96. The number of hydrogen-bond donors (Lipinski definition) is 1. The molecule has 8 heteroatoms. The van der Waals surface area contributed by atoms with Crippen molar-refractivity contribution in [3.63, 3.8) is 0 Å². The van der Waals surface area contributed by atoms with Crippen LogP contribution in [0.15, 0.2) is 15.9 Å². The van der Waals surface area contributed by atoms with Crippen molar-refractivity contribution < 1.29 is 4.79 Å². The Kier molecular flexibility index (Phi) is 4.25. The Morgan fingerprint density at radius 3 is 2.67 bits per heavy atom. The molecule has 0 aliphatic heterocycles. The second-order valence-electron chi connectivity index (χ2n) is 4.96. The number of imidazole rings is 1. The number of aromatic nitrogens is 4. The molecular weight excluding hydrogens is 274 g/mol. The summed E-state index contributed by atoms with van der Waals surface area (Å²) < 4.78 is 4.18. The maximum Gasteiger partial charge on any atom is 0.332 e. The van der Waals surface area contributed by atoms with Gasteiger partial charge in [0.05, 0.1) is 6.33 Å². The predicted octanol–water partition coefficient (Wildman–Crippen LogP) is -0.650. The van der Waals surface area contributed by atoms with Gasteiger partial charge in [0.1, 0.15) is 0 Å². The van der Waals surface area contributed by atoms with Crippen LogP contribution in [0.4, 0.5) is 0 Å². The standard InChI is InChI=1S/C13H19N5O3/c1-14-9(19)6-4-5-7-18-12(20)10-11(15-8-16(10)2)17(3)13(18)21/h8H,4-7H2,1-3H3,(H,14,19). The molecule has 2 aromatic rings. The van der Waals surface area contributed by atoms with Crippen LogP contribution in [-0.4, -0.2) is 31.6 Å². The van der Waals surface area contributed by atoms with Crippen LogP contribution in [0.5, 0.6) is 0 Å². The summed E-state index contributed by atoms with van der Waals surface area (Å²) in [5, 5.41) is 2.54. The highest BCUT2D eigenvalue weighted by atomic mass is 16.2. The van der Waals surface area contributed by atoms with Gasteiger partial charge < -0.3 is 9.88 Å². The number of carbonyl (C=O) groups excluding carboxylic acids is 1. The molecule has 2 heterocycles. The highest BCUT2D eigenvalue weighted by molar-refractivity contribution is 5.75. The molecule has 0 fully saturated rings. The van der Waals surface area contributed by atoms with Gasteiger partial charge in [0, 0.05) is 34.1 Å². The highest BCUT2D eigenvalue weighted by Crippen LogP contribution is 2.04. The van der Waals surface area contributed by atoms with Gasteiger partial charge in [-0.2, -0.15) is 0 Å². The van der Waals surface area contributed by atoms with E-state index in [2.05, 4.69) is 10.3 Å². The molecule has 2 rings (SSSR count). The van der Waals surface area contributed by atoms with E-state index in [1.165, 1.54) is 15.5 Å². The summed E-state index contributed by atoms with van der Waals surface area (Å²) in [4.78, 5) is 39.8. The first-order chi connectivity index (χ1) is 9.97. The van der Waals surface area contributed by atoms with Gasteiger partial charge in [-0.1, -0.05) is 0 Å². The minimum atomic E-state index is -0.383. The van der Waals surface area contributed by atoms with Gasteiger partial charge in [0.15, 0.2) is 11.2 Å². The molecule has 0 spiro atoms. The summed E-state index contributed by atoms with van der Waals surface area (Å²) >= 11 is 0. The number of hydrogen-bond acceptors (Lipinski definition) is 4. The number of nitrogens with zero attached hydrogens (tertiary/aromatic N) is 4. The van der Waals surface area contributed by atoms with Gasteiger partial charge in [0.2, 0.25) is 5.91 Å². The average Bonchev–Trinajstić information content (AvgIpc) is 2.86. The third-order valence-corrected chi connectivity index (χ3v) is 3.52. The van der Waals surface area contributed by atoms with E-state index in [1.54, 1.807) is 25.7 Å². The van der Waals surface area contributed by atoms with Crippen molar-refractivity contribution in [2.45, 2.75) is 25.8 Å². The van der Waals surface area contributed by atoms with Crippen molar-refractivity contribution in [3.8, 4) is 0 Å². The minimum absolute atomic E-state index is 0.0441. The fraction of sp³-hybridized carbons (Fsp3) is 0.538. The van der Waals surface area contributed by atoms with Gasteiger partial charge in [0.25, 0.3) is 5.56 Å². The molecule has 21 heavy (non-hydrogen) atoms. The van der Waals surface area contributed by atoms with Crippen LogP contribution < -0.4 is 16.6 Å². The monoisotopic (exact) mass is 293 g/mol. The number of fused-ring (bicyclic) bond motifs is 1. The molecule has 0 atom stereocenters. The zero-order valence-electron chi connectivity index (χ0n) is 12.4. The molecule has 0 saturated heterocycles. The van der Waals surface area contributed by atoms with Crippen LogP contribution in [0.25, 0.3) is 11.2 Å². The highest BCUT2D eigenvalue weighted by Gasteiger charge is 2.14. The lowest BCUT2D eigenvalue weighted by Gasteiger charge is -2.08. The number of carbonyl (C=O) groups is 1. The predicted molar refractivity (Wildman–Crippen MR) is 78.1 cm³/mol. The van der Waals surface area contributed by atoms with Gasteiger partial charge in [-0.15, -0.1) is 0 Å². The van der Waals surface area contributed by atoms with Crippen LogP contribution in [0.2, 0.25) is 0 Å². The van der Waals surface area contributed by atoms with E-state index in [0.717, 1.165) is 0 Å². The Bertz CT molecular complexity index is 783. The third-order valence-electron chi connectivity index (χ3n) is 3.52. The average molecular weight is 293 g/mol. The van der Waals surface area contributed by atoms with Crippen molar-refractivity contribution in [3.05, 3.63) is 27.2 Å². The zero-order chi connectivity index (χ0) is 15.6. The van der Waals surface area contributed by atoms with Crippen LogP contribution in [0.3, 0.4) is 0 Å². The Hall–Kier alpha value is -2.38. The molecule has 0 aliphatic carbocycles. The maximum atomic E-state index is 12.4. The summed E-state index contributed by atoms with van der Waals surface area (Å²) in [6.45, 7) is 0.295. The molecule has 114 valence electrons. The van der Waals surface area contributed by atoms with Crippen molar-refractivity contribution in [2.75, 3.05) is 7.05 Å². The van der Waals surface area contributed by atoms with E-state index in [-0.39, 0.29) is 17.2 Å². The SMILES string of the molecule is CNC(=O)CCCCn1c(=O)c2c(ncn2C)n(C)c1=O. The van der Waals surface area contributed by atoms with Crippen molar-refractivity contribution in [2.24, 2.45) is 14.1 Å². The normalized spacial score (nSPS) is 11.0. The fourth-order valence-electron chi connectivity index (χ4n) is 2.27. The summed E-state index contributed by atoms with van der Waals surface area (Å²) in [6.07, 6.45) is 3.12. The lowest BCUT2D eigenvalue weighted by Crippen LogP contribution is -2.39. The Balaban J connectivity index is 2.28. The minimum Gasteiger partial charge on any atom is -0.359 e. The first kappa shape index (κ1) is 15.0. The lowest BCUT2D eigenvalue weighted by atomic mass is 10.2. The molecule has 0 radical (unpaired) electrons. The number of rotatable bonds is 5. The van der Waals surface area contributed by atoms with Gasteiger partial charge in [-0.25, -0.2) is 9.78 Å². The first-order valence-corrected chi connectivity index (χ1v) is 6.78. The molecule has 0 aliphatic rings. The topological polar surface area (TPSA) is 90.9 Å². The van der Waals surface area contributed by atoms with Gasteiger partial charge >= 0.3 is 5.69 Å². The summed E-state index contributed by atoms with van der Waals surface area (Å²) in [5.41, 5.74) is 0.0664. The Morgan fingerprint density at radius 1 is 1.29 bits per heavy atom. The first-order valence-electron chi connectivity index (χ1n) is 6.78. The molecule has 0 saturated carbocycles. The quantitative estimate of drug-likeness (QED) is 0.742. The van der Waals surface area contributed by atoms with Crippen LogP contribution in [0.1, 0.15) is 19.3 Å². The lowest BCUT2D eigenvalue weighted by molar-refractivity contribution is -0.120. The Morgan fingerprint density at radius 2 is 2.00 bits per heavy atom. The number of nitrogens with one attached hydrogen (secondary N) is 1. The van der Waals surface area contributed by atoms with E-state index in [9.17, 15) is 14.4 Å². The zero-order valence-corrected chi connectivity index (χ0v) is 12.4. The molecular formula is C13H19N5O3. The molecule has 0 unspecified atom stereocenters. The van der Waals surface area contributed by atoms with E-state index in [1.807, 2.05) is 0 Å². The van der Waals surface area contributed by atoms with Crippen LogP contribution in [-0.2, 0) is 25.4 Å². The van der Waals surface area contributed by atoms with E-state index < -0.39 is 0 Å². The van der Waals surface area contributed by atoms with Crippen molar-refractivity contribution >= 4 is 17.1 Å². The number of aryl methyl sites for hydroxylation is 2. The van der Waals surface area contributed by atoms with Gasteiger partial charge in [-0.3, -0.25) is 18.7 Å². The third kappa shape index (κ3) is 2.74. The largest absolute Gasteiger partial charge is 0.359 e. The van der Waals surface area contributed by atoms with E-state index >= 15 is 0 Å². The van der Waals surface area contributed by atoms with E-state index in [0.29, 0.717) is 37.0 Å². The molecule has 1 N–H and O–H groups in total. The molecule has 0 bridgehead atoms. The van der Waals surface area contributed by atoms with Crippen molar-refractivity contribution in [1.82, 2.24) is 24.0 Å². The van der Waals surface area contributed by atoms with Crippen LogP contribution >= 0.6 is 0 Å². The molecule has 2 aromatic heterocycles. The fourth-order valence-corrected chi connectivity index (χ4v) is 2.27. The van der Waals surface area contributed by atoms with Crippen LogP contribution in [0, 0.1) is 0 Å². The second kappa shape index (κ2) is 5.94. The smallest absolute Gasteiger partial charge is 0.332 e. The number of amides is 1. The van der Waals surface area contributed by atoms with E-state index in [4.69, 9.17) is 0 Å². The summed E-state index contributed by atoms with van der Waals surface area (Å²) in [6, 6.07) is 0. The Labute approximate surface area is 121 Å².